The van der Waals surface area contributed by atoms with Gasteiger partial charge in [-0.1, -0.05) is 31.5 Å². The Balaban J connectivity index is 2.58. The minimum Gasteiger partial charge on any atom is -0.311 e. The third-order valence-corrected chi connectivity index (χ3v) is 2.52. The van der Waals surface area contributed by atoms with E-state index in [4.69, 9.17) is 0 Å². The molecule has 4 nitrogen and oxygen atoms in total. The number of nitrogens with one attached hydrogen (secondary N) is 1. The van der Waals surface area contributed by atoms with Crippen LogP contribution in [0.1, 0.15) is 19.0 Å². The number of rotatable bonds is 3. The van der Waals surface area contributed by atoms with Crippen LogP contribution in [0.3, 0.4) is 0 Å². The Kier molecular flexibility index (Phi) is 3.23. The molecule has 1 aromatic heterocycles. The SMILES string of the molecule is CCCc1cc(=O)n(-c2ccccc2)c(=O)[nH]1. The maximum atomic E-state index is 11.9. The van der Waals surface area contributed by atoms with Crippen LogP contribution in [0.4, 0.5) is 0 Å². The smallest absolute Gasteiger partial charge is 0.311 e. The van der Waals surface area contributed by atoms with E-state index in [1.165, 1.54) is 6.07 Å². The monoisotopic (exact) mass is 230 g/mol. The molecule has 0 saturated carbocycles. The quantitative estimate of drug-likeness (QED) is 0.868. The molecule has 4 heteroatoms. The number of aryl methyl sites for hydroxylation is 1. The first-order chi connectivity index (χ1) is 8.22. The van der Waals surface area contributed by atoms with E-state index in [2.05, 4.69) is 4.98 Å². The van der Waals surface area contributed by atoms with Crippen LogP contribution in [0.25, 0.3) is 5.69 Å². The first-order valence-electron chi connectivity index (χ1n) is 5.63. The summed E-state index contributed by atoms with van der Waals surface area (Å²) >= 11 is 0. The highest BCUT2D eigenvalue weighted by Gasteiger charge is 2.05. The molecular weight excluding hydrogens is 216 g/mol. The normalized spacial score (nSPS) is 10.4. The zero-order valence-corrected chi connectivity index (χ0v) is 9.64. The average molecular weight is 230 g/mol. The van der Waals surface area contributed by atoms with Crippen molar-refractivity contribution >= 4 is 0 Å². The predicted octanol–water partition coefficient (Wildman–Crippen LogP) is 1.48. The molecule has 0 atom stereocenters. The summed E-state index contributed by atoms with van der Waals surface area (Å²) < 4.78 is 1.14. The lowest BCUT2D eigenvalue weighted by atomic mass is 10.2. The van der Waals surface area contributed by atoms with E-state index in [0.29, 0.717) is 17.8 Å². The molecule has 0 amide bonds. The molecule has 17 heavy (non-hydrogen) atoms. The number of para-hydroxylation sites is 1. The fraction of sp³-hybridized carbons (Fsp3) is 0.231. The second kappa shape index (κ2) is 4.82. The highest BCUT2D eigenvalue weighted by atomic mass is 16.2. The van der Waals surface area contributed by atoms with Crippen molar-refractivity contribution in [2.45, 2.75) is 19.8 Å². The highest BCUT2D eigenvalue weighted by molar-refractivity contribution is 5.31. The van der Waals surface area contributed by atoms with E-state index in [-0.39, 0.29) is 11.2 Å². The van der Waals surface area contributed by atoms with Crippen LogP contribution in [0.5, 0.6) is 0 Å². The summed E-state index contributed by atoms with van der Waals surface area (Å²) in [5.41, 5.74) is 0.604. The molecule has 0 radical (unpaired) electrons. The van der Waals surface area contributed by atoms with Gasteiger partial charge in [-0.2, -0.15) is 0 Å². The third kappa shape index (κ3) is 2.36. The van der Waals surface area contributed by atoms with Crippen molar-refractivity contribution in [3.8, 4) is 5.69 Å². The molecule has 2 rings (SSSR count). The van der Waals surface area contributed by atoms with Gasteiger partial charge in [-0.25, -0.2) is 9.36 Å². The van der Waals surface area contributed by atoms with Gasteiger partial charge in [0.1, 0.15) is 0 Å². The number of hydrogen-bond acceptors (Lipinski definition) is 2. The van der Waals surface area contributed by atoms with Crippen molar-refractivity contribution in [2.24, 2.45) is 0 Å². The minimum atomic E-state index is -0.382. The molecule has 0 saturated heterocycles. The highest BCUT2D eigenvalue weighted by Crippen LogP contribution is 2.01. The zero-order valence-electron chi connectivity index (χ0n) is 9.64. The van der Waals surface area contributed by atoms with Crippen molar-refractivity contribution in [1.29, 1.82) is 0 Å². The second-order valence-corrected chi connectivity index (χ2v) is 3.86. The molecule has 0 spiro atoms. The average Bonchev–Trinajstić information content (AvgIpc) is 2.30. The molecule has 2 aromatic rings. The van der Waals surface area contributed by atoms with E-state index >= 15 is 0 Å². The third-order valence-electron chi connectivity index (χ3n) is 2.52. The number of H-pyrrole nitrogens is 1. The van der Waals surface area contributed by atoms with Crippen molar-refractivity contribution in [2.75, 3.05) is 0 Å². The summed E-state index contributed by atoms with van der Waals surface area (Å²) in [5, 5.41) is 0. The molecule has 1 heterocycles. The minimum absolute atomic E-state index is 0.289. The lowest BCUT2D eigenvalue weighted by Crippen LogP contribution is -2.34. The molecule has 1 aromatic carbocycles. The van der Waals surface area contributed by atoms with Crippen LogP contribution in [-0.2, 0) is 6.42 Å². The largest absolute Gasteiger partial charge is 0.333 e. The molecule has 88 valence electrons. The van der Waals surface area contributed by atoms with Gasteiger partial charge in [-0.3, -0.25) is 4.79 Å². The summed E-state index contributed by atoms with van der Waals surface area (Å²) in [6.07, 6.45) is 1.60. The lowest BCUT2D eigenvalue weighted by molar-refractivity contribution is 0.803. The predicted molar refractivity (Wildman–Crippen MR) is 66.7 cm³/mol. The first kappa shape index (κ1) is 11.4. The number of aromatic nitrogens is 2. The molecule has 1 N–H and O–H groups in total. The van der Waals surface area contributed by atoms with Crippen molar-refractivity contribution < 1.29 is 0 Å². The van der Waals surface area contributed by atoms with E-state index in [0.717, 1.165) is 11.0 Å². The standard InChI is InChI=1S/C13H14N2O2/c1-2-6-10-9-12(16)15(13(17)14-10)11-7-4-3-5-8-11/h3-5,7-9H,2,6H2,1H3,(H,14,17). The fourth-order valence-corrected chi connectivity index (χ4v) is 1.77. The zero-order chi connectivity index (χ0) is 12.3. The Labute approximate surface area is 98.6 Å². The number of benzene rings is 1. The summed E-state index contributed by atoms with van der Waals surface area (Å²) in [5.74, 6) is 0. The van der Waals surface area contributed by atoms with Crippen molar-refractivity contribution in [3.63, 3.8) is 0 Å². The van der Waals surface area contributed by atoms with Gasteiger partial charge in [0.05, 0.1) is 5.69 Å². The topological polar surface area (TPSA) is 54.9 Å². The molecule has 0 aliphatic heterocycles. The van der Waals surface area contributed by atoms with Crippen LogP contribution < -0.4 is 11.2 Å². The van der Waals surface area contributed by atoms with Crippen LogP contribution in [0, 0.1) is 0 Å². The van der Waals surface area contributed by atoms with Crippen molar-refractivity contribution in [1.82, 2.24) is 9.55 Å². The maximum absolute atomic E-state index is 11.9. The molecule has 0 fully saturated rings. The summed E-state index contributed by atoms with van der Waals surface area (Å²) in [7, 11) is 0. The molecule has 0 aliphatic carbocycles. The van der Waals surface area contributed by atoms with Crippen LogP contribution in [0.15, 0.2) is 46.0 Å². The second-order valence-electron chi connectivity index (χ2n) is 3.86. The van der Waals surface area contributed by atoms with Crippen LogP contribution in [0.2, 0.25) is 0 Å². The van der Waals surface area contributed by atoms with Gasteiger partial charge in [0, 0.05) is 11.8 Å². The van der Waals surface area contributed by atoms with Gasteiger partial charge in [0.2, 0.25) is 0 Å². The van der Waals surface area contributed by atoms with Crippen molar-refractivity contribution in [3.05, 3.63) is 62.9 Å². The van der Waals surface area contributed by atoms with Gasteiger partial charge in [0.15, 0.2) is 0 Å². The van der Waals surface area contributed by atoms with Gasteiger partial charge in [0.25, 0.3) is 5.56 Å². The lowest BCUT2D eigenvalue weighted by Gasteiger charge is -2.05. The Bertz CT molecular complexity index is 580. The Morgan fingerprint density at radius 2 is 1.88 bits per heavy atom. The molecule has 0 bridgehead atoms. The van der Waals surface area contributed by atoms with E-state index in [9.17, 15) is 9.59 Å². The van der Waals surface area contributed by atoms with Crippen LogP contribution >= 0.6 is 0 Å². The Morgan fingerprint density at radius 3 is 2.47 bits per heavy atom. The Hall–Kier alpha value is -2.10. The van der Waals surface area contributed by atoms with Crippen LogP contribution in [-0.4, -0.2) is 9.55 Å². The van der Waals surface area contributed by atoms with Gasteiger partial charge < -0.3 is 4.98 Å². The summed E-state index contributed by atoms with van der Waals surface area (Å²) in [4.78, 5) is 26.4. The molecule has 0 aliphatic rings. The van der Waals surface area contributed by atoms with E-state index in [1.54, 1.807) is 24.3 Å². The van der Waals surface area contributed by atoms with Gasteiger partial charge in [-0.05, 0) is 18.6 Å². The number of aromatic amines is 1. The van der Waals surface area contributed by atoms with E-state index < -0.39 is 0 Å². The van der Waals surface area contributed by atoms with E-state index in [1.807, 2.05) is 13.0 Å². The summed E-state index contributed by atoms with van der Waals surface area (Å²) in [6.45, 7) is 2.00. The Morgan fingerprint density at radius 1 is 1.18 bits per heavy atom. The number of nitrogens with zero attached hydrogens (tertiary/aromatic N) is 1. The molecule has 0 unspecified atom stereocenters. The number of hydrogen-bond donors (Lipinski definition) is 1. The fourth-order valence-electron chi connectivity index (χ4n) is 1.77. The van der Waals surface area contributed by atoms with Gasteiger partial charge >= 0.3 is 5.69 Å². The molecular formula is C13H14N2O2. The first-order valence-corrected chi connectivity index (χ1v) is 5.63. The maximum Gasteiger partial charge on any atom is 0.333 e. The summed E-state index contributed by atoms with van der Waals surface area (Å²) in [6, 6.07) is 10.4. The van der Waals surface area contributed by atoms with Gasteiger partial charge in [-0.15, -0.1) is 0 Å².